The minimum atomic E-state index is 0.215. The lowest BCUT2D eigenvalue weighted by molar-refractivity contribution is 0.455. The first kappa shape index (κ1) is 14.4. The van der Waals surface area contributed by atoms with Crippen LogP contribution in [0.3, 0.4) is 0 Å². The minimum absolute atomic E-state index is 0.215. The molecule has 0 spiro atoms. The van der Waals surface area contributed by atoms with Crippen molar-refractivity contribution in [3.05, 3.63) is 47.5 Å². The lowest BCUT2D eigenvalue weighted by atomic mass is 9.93. The molecule has 0 aliphatic carbocycles. The highest BCUT2D eigenvalue weighted by Crippen LogP contribution is 2.38. The second-order valence-corrected chi connectivity index (χ2v) is 5.16. The van der Waals surface area contributed by atoms with E-state index >= 15 is 0 Å². The second-order valence-electron chi connectivity index (χ2n) is 5.16. The predicted molar refractivity (Wildman–Crippen MR) is 83.2 cm³/mol. The molecule has 0 atom stereocenters. The summed E-state index contributed by atoms with van der Waals surface area (Å²) in [6.07, 6.45) is 3.73. The third-order valence-electron chi connectivity index (χ3n) is 3.52. The monoisotopic (exact) mass is 270 g/mol. The predicted octanol–water partition coefficient (Wildman–Crippen LogP) is 4.67. The van der Waals surface area contributed by atoms with Gasteiger partial charge in [0.1, 0.15) is 11.5 Å². The summed E-state index contributed by atoms with van der Waals surface area (Å²) >= 11 is 0. The molecule has 0 heterocycles. The Kier molecular flexibility index (Phi) is 4.67. The fraction of sp³-hybridized carbons (Fsp3) is 0.333. The third kappa shape index (κ3) is 2.96. The van der Waals surface area contributed by atoms with Gasteiger partial charge in [0.15, 0.2) is 0 Å². The Morgan fingerprint density at radius 3 is 2.15 bits per heavy atom. The Morgan fingerprint density at radius 1 is 0.800 bits per heavy atom. The zero-order valence-corrected chi connectivity index (χ0v) is 12.2. The summed E-state index contributed by atoms with van der Waals surface area (Å²) in [5, 5.41) is 20.4. The minimum Gasteiger partial charge on any atom is -0.508 e. The van der Waals surface area contributed by atoms with Gasteiger partial charge in [0.05, 0.1) is 0 Å². The zero-order valence-electron chi connectivity index (χ0n) is 12.2. The van der Waals surface area contributed by atoms with Crippen LogP contribution >= 0.6 is 0 Å². The molecule has 0 unspecified atom stereocenters. The molecule has 0 aliphatic rings. The lowest BCUT2D eigenvalue weighted by Crippen LogP contribution is -1.92. The van der Waals surface area contributed by atoms with Crippen LogP contribution in [0.5, 0.6) is 11.5 Å². The van der Waals surface area contributed by atoms with Crippen LogP contribution in [0.15, 0.2) is 36.4 Å². The largest absolute Gasteiger partial charge is 0.508 e. The molecule has 20 heavy (non-hydrogen) atoms. The number of phenols is 2. The fourth-order valence-electron chi connectivity index (χ4n) is 2.61. The number of aryl methyl sites for hydroxylation is 2. The van der Waals surface area contributed by atoms with Gasteiger partial charge < -0.3 is 10.2 Å². The van der Waals surface area contributed by atoms with E-state index in [1.54, 1.807) is 12.1 Å². The van der Waals surface area contributed by atoms with E-state index in [-0.39, 0.29) is 5.75 Å². The standard InChI is InChI=1S/C18H22O2/c1-3-7-13-9-5-6-10-16(13)17-12-15(19)11-14(8-4-2)18(17)20/h5-6,9-12,19-20H,3-4,7-8H2,1-2H3. The van der Waals surface area contributed by atoms with Gasteiger partial charge in [-0.05, 0) is 41.7 Å². The highest BCUT2D eigenvalue weighted by atomic mass is 16.3. The van der Waals surface area contributed by atoms with Crippen LogP contribution in [0.4, 0.5) is 0 Å². The smallest absolute Gasteiger partial charge is 0.126 e. The van der Waals surface area contributed by atoms with E-state index in [1.807, 2.05) is 18.2 Å². The quantitative estimate of drug-likeness (QED) is 0.775. The van der Waals surface area contributed by atoms with Crippen molar-refractivity contribution >= 4 is 0 Å². The Morgan fingerprint density at radius 2 is 1.45 bits per heavy atom. The molecular weight excluding hydrogens is 248 g/mol. The van der Waals surface area contributed by atoms with Crippen molar-refractivity contribution in [1.82, 2.24) is 0 Å². The van der Waals surface area contributed by atoms with Gasteiger partial charge in [-0.3, -0.25) is 0 Å². The van der Waals surface area contributed by atoms with Crippen molar-refractivity contribution in [1.29, 1.82) is 0 Å². The summed E-state index contributed by atoms with van der Waals surface area (Å²) in [5.74, 6) is 0.515. The van der Waals surface area contributed by atoms with Crippen LogP contribution in [0.25, 0.3) is 11.1 Å². The summed E-state index contributed by atoms with van der Waals surface area (Å²) in [4.78, 5) is 0. The van der Waals surface area contributed by atoms with E-state index in [4.69, 9.17) is 0 Å². The van der Waals surface area contributed by atoms with E-state index in [0.717, 1.165) is 42.4 Å². The summed E-state index contributed by atoms with van der Waals surface area (Å²) in [6.45, 7) is 4.20. The van der Waals surface area contributed by atoms with Crippen LogP contribution in [-0.2, 0) is 12.8 Å². The number of hydrogen-bond acceptors (Lipinski definition) is 2. The van der Waals surface area contributed by atoms with Crippen molar-refractivity contribution < 1.29 is 10.2 Å². The summed E-state index contributed by atoms with van der Waals surface area (Å²) in [5.41, 5.74) is 3.77. The Bertz CT molecular complexity index is 588. The molecule has 106 valence electrons. The van der Waals surface area contributed by atoms with Gasteiger partial charge in [-0.25, -0.2) is 0 Å². The highest BCUT2D eigenvalue weighted by Gasteiger charge is 2.13. The fourth-order valence-corrected chi connectivity index (χ4v) is 2.61. The van der Waals surface area contributed by atoms with Crippen molar-refractivity contribution in [2.45, 2.75) is 39.5 Å². The van der Waals surface area contributed by atoms with Gasteiger partial charge in [-0.15, -0.1) is 0 Å². The number of hydrogen-bond donors (Lipinski definition) is 2. The molecule has 2 heteroatoms. The molecule has 2 aromatic carbocycles. The molecular formula is C18H22O2. The topological polar surface area (TPSA) is 40.5 Å². The molecule has 0 radical (unpaired) electrons. The molecule has 0 saturated carbocycles. The molecule has 0 aliphatic heterocycles. The van der Waals surface area contributed by atoms with Crippen molar-refractivity contribution in [3.63, 3.8) is 0 Å². The van der Waals surface area contributed by atoms with E-state index in [2.05, 4.69) is 19.9 Å². The molecule has 2 aromatic rings. The highest BCUT2D eigenvalue weighted by molar-refractivity contribution is 5.76. The molecule has 0 aromatic heterocycles. The lowest BCUT2D eigenvalue weighted by Gasteiger charge is -2.14. The van der Waals surface area contributed by atoms with E-state index in [1.165, 1.54) is 5.56 Å². The van der Waals surface area contributed by atoms with Crippen LogP contribution in [0.1, 0.15) is 37.8 Å². The molecule has 0 amide bonds. The average molecular weight is 270 g/mol. The van der Waals surface area contributed by atoms with Crippen molar-refractivity contribution in [3.8, 4) is 22.6 Å². The first-order valence-corrected chi connectivity index (χ1v) is 7.30. The van der Waals surface area contributed by atoms with Gasteiger partial charge in [0, 0.05) is 5.56 Å². The summed E-state index contributed by atoms with van der Waals surface area (Å²) < 4.78 is 0. The van der Waals surface area contributed by atoms with Gasteiger partial charge >= 0.3 is 0 Å². The van der Waals surface area contributed by atoms with Crippen molar-refractivity contribution in [2.24, 2.45) is 0 Å². The Hall–Kier alpha value is -1.96. The number of rotatable bonds is 5. The summed E-state index contributed by atoms with van der Waals surface area (Å²) in [6, 6.07) is 11.4. The maximum Gasteiger partial charge on any atom is 0.126 e. The van der Waals surface area contributed by atoms with Gasteiger partial charge in [-0.2, -0.15) is 0 Å². The van der Waals surface area contributed by atoms with Crippen LogP contribution in [0, 0.1) is 0 Å². The molecule has 0 saturated heterocycles. The van der Waals surface area contributed by atoms with E-state index < -0.39 is 0 Å². The first-order chi connectivity index (χ1) is 9.67. The molecule has 0 fully saturated rings. The Balaban J connectivity index is 2.57. The van der Waals surface area contributed by atoms with E-state index in [9.17, 15) is 10.2 Å². The van der Waals surface area contributed by atoms with Gasteiger partial charge in [0.2, 0.25) is 0 Å². The van der Waals surface area contributed by atoms with Crippen LogP contribution in [0.2, 0.25) is 0 Å². The number of benzene rings is 2. The number of aromatic hydroxyl groups is 2. The third-order valence-corrected chi connectivity index (χ3v) is 3.52. The van der Waals surface area contributed by atoms with Gasteiger partial charge in [-0.1, -0.05) is 51.0 Å². The van der Waals surface area contributed by atoms with Crippen LogP contribution < -0.4 is 0 Å². The first-order valence-electron chi connectivity index (χ1n) is 7.30. The normalized spacial score (nSPS) is 10.7. The second kappa shape index (κ2) is 6.47. The SMILES string of the molecule is CCCc1ccccc1-c1cc(O)cc(CCC)c1O. The zero-order chi connectivity index (χ0) is 14.5. The summed E-state index contributed by atoms with van der Waals surface area (Å²) in [7, 11) is 0. The number of phenolic OH excluding ortho intramolecular Hbond substituents is 2. The van der Waals surface area contributed by atoms with E-state index in [0.29, 0.717) is 5.75 Å². The maximum atomic E-state index is 10.5. The average Bonchev–Trinajstić information content (AvgIpc) is 2.44. The Labute approximate surface area is 120 Å². The van der Waals surface area contributed by atoms with Gasteiger partial charge in [0.25, 0.3) is 0 Å². The maximum absolute atomic E-state index is 10.5. The van der Waals surface area contributed by atoms with Crippen molar-refractivity contribution in [2.75, 3.05) is 0 Å². The molecule has 2 nitrogen and oxygen atoms in total. The molecule has 0 bridgehead atoms. The molecule has 2 N–H and O–H groups in total. The molecule has 2 rings (SSSR count). The van der Waals surface area contributed by atoms with Crippen LogP contribution in [-0.4, -0.2) is 10.2 Å².